The number of imidazole rings is 1. The molecule has 30 heavy (non-hydrogen) atoms. The highest BCUT2D eigenvalue weighted by Crippen LogP contribution is 2.38. The van der Waals surface area contributed by atoms with Crippen molar-refractivity contribution in [3.05, 3.63) is 66.0 Å². The minimum atomic E-state index is -4.95. The Morgan fingerprint density at radius 1 is 1.13 bits per heavy atom. The van der Waals surface area contributed by atoms with Crippen molar-refractivity contribution in [2.24, 2.45) is 0 Å². The van der Waals surface area contributed by atoms with Crippen LogP contribution in [-0.2, 0) is 16.0 Å². The van der Waals surface area contributed by atoms with Gasteiger partial charge >= 0.3 is 12.1 Å². The van der Waals surface area contributed by atoms with Gasteiger partial charge in [0.25, 0.3) is 0 Å². The van der Waals surface area contributed by atoms with E-state index in [2.05, 4.69) is 15.1 Å². The molecule has 12 heteroatoms. The molecule has 0 aliphatic heterocycles. The minimum absolute atomic E-state index is 0.0557. The molecule has 2 heterocycles. The van der Waals surface area contributed by atoms with Gasteiger partial charge in [0.15, 0.2) is 0 Å². The van der Waals surface area contributed by atoms with E-state index in [1.54, 1.807) is 6.07 Å². The van der Waals surface area contributed by atoms with E-state index < -0.39 is 32.4 Å². The van der Waals surface area contributed by atoms with Crippen molar-refractivity contribution in [2.75, 3.05) is 0 Å². The fourth-order valence-electron chi connectivity index (χ4n) is 2.85. The summed E-state index contributed by atoms with van der Waals surface area (Å²) in [5.41, 5.74) is -1.64. The van der Waals surface area contributed by atoms with Crippen LogP contribution in [-0.4, -0.2) is 39.2 Å². The summed E-state index contributed by atoms with van der Waals surface area (Å²) >= 11 is 0. The number of aromatic nitrogens is 4. The number of nitrogens with one attached hydrogen (secondary N) is 1. The number of halogens is 3. The van der Waals surface area contributed by atoms with Gasteiger partial charge in [0.05, 0.1) is 38.1 Å². The van der Waals surface area contributed by atoms with Gasteiger partial charge in [-0.15, -0.1) is 0 Å². The molecule has 0 aliphatic carbocycles. The number of carboxylic acid groups (broad SMARTS) is 1. The zero-order valence-electron chi connectivity index (χ0n) is 14.8. The lowest BCUT2D eigenvalue weighted by Gasteiger charge is -2.13. The molecule has 0 atom stereocenters. The Kier molecular flexibility index (Phi) is 4.38. The van der Waals surface area contributed by atoms with Crippen molar-refractivity contribution >= 4 is 26.8 Å². The van der Waals surface area contributed by atoms with Gasteiger partial charge in [-0.2, -0.15) is 18.3 Å². The van der Waals surface area contributed by atoms with Gasteiger partial charge in [-0.05, 0) is 24.3 Å². The van der Waals surface area contributed by atoms with Crippen LogP contribution < -0.4 is 0 Å². The molecule has 0 unspecified atom stereocenters. The normalized spacial score (nSPS) is 12.4. The van der Waals surface area contributed by atoms with E-state index in [0.29, 0.717) is 6.07 Å². The quantitative estimate of drug-likeness (QED) is 0.507. The monoisotopic (exact) mass is 436 g/mol. The molecule has 2 aromatic heterocycles. The van der Waals surface area contributed by atoms with Gasteiger partial charge < -0.3 is 10.1 Å². The summed E-state index contributed by atoms with van der Waals surface area (Å²) in [7, 11) is -4.48. The van der Waals surface area contributed by atoms with Gasteiger partial charge in [0.1, 0.15) is 0 Å². The molecule has 0 spiro atoms. The predicted molar refractivity (Wildman–Crippen MR) is 97.1 cm³/mol. The van der Waals surface area contributed by atoms with Crippen LogP contribution in [0, 0.1) is 0 Å². The third kappa shape index (κ3) is 3.30. The molecule has 0 bridgehead atoms. The number of nitrogens with zero attached hydrogens (tertiary/aromatic N) is 3. The molecule has 0 saturated carbocycles. The molecular formula is C18H11F3N4O4S. The Hall–Kier alpha value is -3.67. The van der Waals surface area contributed by atoms with E-state index in [4.69, 9.17) is 5.11 Å². The molecule has 0 radical (unpaired) electrons. The number of aromatic amines is 1. The molecule has 0 saturated heterocycles. The van der Waals surface area contributed by atoms with Gasteiger partial charge in [0.2, 0.25) is 15.8 Å². The lowest BCUT2D eigenvalue weighted by Crippen LogP contribution is -2.13. The summed E-state index contributed by atoms with van der Waals surface area (Å²) in [6.07, 6.45) is -2.78. The van der Waals surface area contributed by atoms with E-state index in [9.17, 15) is 26.4 Å². The topological polar surface area (TPSA) is 118 Å². The molecule has 2 N–H and O–H groups in total. The van der Waals surface area contributed by atoms with Crippen molar-refractivity contribution in [1.82, 2.24) is 19.7 Å². The Balaban J connectivity index is 1.93. The number of hydrogen-bond donors (Lipinski definition) is 2. The predicted octanol–water partition coefficient (Wildman–Crippen LogP) is 3.30. The highest BCUT2D eigenvalue weighted by molar-refractivity contribution is 7.91. The van der Waals surface area contributed by atoms with Crippen LogP contribution in [0.3, 0.4) is 0 Å². The van der Waals surface area contributed by atoms with Crippen LogP contribution in [0.4, 0.5) is 13.2 Å². The minimum Gasteiger partial charge on any atom is -0.478 e. The molecule has 0 amide bonds. The van der Waals surface area contributed by atoms with Crippen molar-refractivity contribution in [2.45, 2.75) is 16.0 Å². The number of rotatable bonds is 4. The van der Waals surface area contributed by atoms with Crippen molar-refractivity contribution < 1.29 is 31.5 Å². The average molecular weight is 436 g/mol. The number of H-pyrrole nitrogens is 1. The number of hydrogen-bond acceptors (Lipinski definition) is 5. The number of carbonyl (C=O) groups is 1. The maximum atomic E-state index is 13.7. The highest BCUT2D eigenvalue weighted by atomic mass is 32.2. The standard InChI is InChI=1S/C18H11F3N4O4S/c19-18(20,21)12-6-13-14(7-15(12)30(28,29)11-4-2-1-3-5-11)24-17(23-13)25-9-10(8-22-25)16(26)27/h1-9H,(H,23,24)(H,26,27). The van der Waals surface area contributed by atoms with E-state index in [0.717, 1.165) is 23.1 Å². The van der Waals surface area contributed by atoms with E-state index >= 15 is 0 Å². The number of alkyl halides is 3. The first-order chi connectivity index (χ1) is 14.1. The number of benzene rings is 2. The van der Waals surface area contributed by atoms with Gasteiger partial charge in [0, 0.05) is 6.20 Å². The summed E-state index contributed by atoms with van der Waals surface area (Å²) in [6.45, 7) is 0. The molecule has 0 aliphatic rings. The Labute approximate surface area is 166 Å². The number of sulfone groups is 1. The molecule has 0 fully saturated rings. The maximum absolute atomic E-state index is 13.7. The largest absolute Gasteiger partial charge is 0.478 e. The SMILES string of the molecule is O=C(O)c1cnn(-c2nc3cc(S(=O)(=O)c4ccccc4)c(C(F)(F)F)cc3[nH]2)c1. The van der Waals surface area contributed by atoms with Gasteiger partial charge in [-0.3, -0.25) is 0 Å². The number of carboxylic acids is 1. The van der Waals surface area contributed by atoms with Crippen molar-refractivity contribution in [3.63, 3.8) is 0 Å². The van der Waals surface area contributed by atoms with Crippen molar-refractivity contribution in [3.8, 4) is 5.95 Å². The van der Waals surface area contributed by atoms with Crippen molar-refractivity contribution in [1.29, 1.82) is 0 Å². The summed E-state index contributed by atoms with van der Waals surface area (Å²) in [5, 5.41) is 12.8. The first kappa shape index (κ1) is 19.6. The Bertz CT molecular complexity index is 1380. The number of aromatic carboxylic acids is 1. The Morgan fingerprint density at radius 2 is 1.83 bits per heavy atom. The molecule has 8 nitrogen and oxygen atoms in total. The summed E-state index contributed by atoms with van der Waals surface area (Å²) in [4.78, 5) is 16.4. The second-order valence-corrected chi connectivity index (χ2v) is 8.14. The smallest absolute Gasteiger partial charge is 0.417 e. The first-order valence-corrected chi connectivity index (χ1v) is 9.75. The zero-order valence-corrected chi connectivity index (χ0v) is 15.6. The molecule has 154 valence electrons. The average Bonchev–Trinajstić information content (AvgIpc) is 3.33. The van der Waals surface area contributed by atoms with Crippen LogP contribution in [0.1, 0.15) is 15.9 Å². The lowest BCUT2D eigenvalue weighted by molar-refractivity contribution is -0.139. The lowest BCUT2D eigenvalue weighted by atomic mass is 10.2. The molecule has 2 aromatic carbocycles. The second kappa shape index (κ2) is 6.69. The van der Waals surface area contributed by atoms with E-state index in [1.807, 2.05) is 0 Å². The third-order valence-electron chi connectivity index (χ3n) is 4.27. The van der Waals surface area contributed by atoms with Crippen LogP contribution in [0.2, 0.25) is 0 Å². The van der Waals surface area contributed by atoms with Crippen LogP contribution in [0.15, 0.2) is 64.6 Å². The summed E-state index contributed by atoms with van der Waals surface area (Å²) in [5.74, 6) is -1.31. The molecule has 4 rings (SSSR count). The fourth-order valence-corrected chi connectivity index (χ4v) is 4.35. The van der Waals surface area contributed by atoms with Crippen LogP contribution in [0.5, 0.6) is 0 Å². The van der Waals surface area contributed by atoms with Gasteiger partial charge in [-0.25, -0.2) is 22.9 Å². The Morgan fingerprint density at radius 3 is 2.43 bits per heavy atom. The second-order valence-electron chi connectivity index (χ2n) is 6.22. The maximum Gasteiger partial charge on any atom is 0.417 e. The van der Waals surface area contributed by atoms with Gasteiger partial charge in [-0.1, -0.05) is 18.2 Å². The summed E-state index contributed by atoms with van der Waals surface area (Å²) < 4.78 is 67.8. The highest BCUT2D eigenvalue weighted by Gasteiger charge is 2.38. The van der Waals surface area contributed by atoms with Crippen LogP contribution >= 0.6 is 0 Å². The van der Waals surface area contributed by atoms with Crippen LogP contribution in [0.25, 0.3) is 17.0 Å². The zero-order chi connectivity index (χ0) is 21.7. The van der Waals surface area contributed by atoms with E-state index in [-0.39, 0.29) is 27.4 Å². The third-order valence-corrected chi connectivity index (χ3v) is 6.08. The number of fused-ring (bicyclic) bond motifs is 1. The molecule has 4 aromatic rings. The fraction of sp³-hybridized carbons (Fsp3) is 0.0556. The summed E-state index contributed by atoms with van der Waals surface area (Å²) in [6, 6.07) is 8.25. The molecular weight excluding hydrogens is 425 g/mol. The first-order valence-electron chi connectivity index (χ1n) is 8.27. The van der Waals surface area contributed by atoms with E-state index in [1.165, 1.54) is 24.3 Å².